The molecule has 0 aromatic heterocycles. The number of rotatable bonds is 19. The van der Waals surface area contributed by atoms with E-state index in [-0.39, 0.29) is 26.2 Å². The largest absolute Gasteiger partial charge is 0.374 e. The van der Waals surface area contributed by atoms with Gasteiger partial charge < -0.3 is 37.9 Å². The molecular formula is C51H54O9. The first-order valence-electron chi connectivity index (χ1n) is 20.6. The number of benzene rings is 5. The molecule has 7 atom stereocenters. The zero-order chi connectivity index (χ0) is 41.4. The van der Waals surface area contributed by atoms with E-state index in [4.69, 9.17) is 37.9 Å². The van der Waals surface area contributed by atoms with Crippen LogP contribution >= 0.6 is 0 Å². The normalized spacial score (nSPS) is 22.7. The van der Waals surface area contributed by atoms with Crippen molar-refractivity contribution in [2.24, 2.45) is 0 Å². The maximum absolute atomic E-state index is 14.0. The molecule has 9 heteroatoms. The van der Waals surface area contributed by atoms with Gasteiger partial charge in [-0.25, -0.2) is 0 Å². The summed E-state index contributed by atoms with van der Waals surface area (Å²) in [5, 5.41) is 0. The molecule has 2 saturated heterocycles. The van der Waals surface area contributed by atoms with Crippen LogP contribution in [0.1, 0.15) is 48.1 Å². The number of hydrogen-bond donors (Lipinski definition) is 0. The SMILES string of the molecule is CC1(C)OC[C@@H]([C@@H](OCc2ccccc2)C(=O)C#CC[C@@H]2O[C@H](COCc3ccccc3)[C@@H](OCc3ccccc3)[C@H](OCc3ccccc3)[C@H]2OCc2ccccc2)O1. The number of ether oxygens (including phenoxy) is 8. The molecule has 0 bridgehead atoms. The lowest BCUT2D eigenvalue weighted by Crippen LogP contribution is -2.61. The van der Waals surface area contributed by atoms with Gasteiger partial charge in [-0.05, 0) is 47.6 Å². The maximum Gasteiger partial charge on any atom is 0.236 e. The van der Waals surface area contributed by atoms with Crippen LogP contribution in [0.25, 0.3) is 0 Å². The second-order valence-electron chi connectivity index (χ2n) is 15.5. The third kappa shape index (κ3) is 12.8. The molecule has 0 radical (unpaired) electrons. The molecule has 9 nitrogen and oxygen atoms in total. The lowest BCUT2D eigenvalue weighted by molar-refractivity contribution is -0.271. The molecule has 2 heterocycles. The van der Waals surface area contributed by atoms with Crippen molar-refractivity contribution in [1.29, 1.82) is 0 Å². The van der Waals surface area contributed by atoms with Crippen LogP contribution in [-0.2, 0) is 75.7 Å². The highest BCUT2D eigenvalue weighted by molar-refractivity contribution is 5.99. The summed E-state index contributed by atoms with van der Waals surface area (Å²) in [5.41, 5.74) is 4.99. The van der Waals surface area contributed by atoms with E-state index in [1.807, 2.05) is 166 Å². The monoisotopic (exact) mass is 810 g/mol. The molecule has 7 rings (SSSR count). The van der Waals surface area contributed by atoms with Crippen molar-refractivity contribution in [1.82, 2.24) is 0 Å². The Morgan fingerprint density at radius 1 is 0.600 bits per heavy atom. The third-order valence-corrected chi connectivity index (χ3v) is 10.4. The number of Topliss-reactive ketones (excluding diaryl/α,β-unsaturated/α-hetero) is 1. The van der Waals surface area contributed by atoms with E-state index in [9.17, 15) is 4.79 Å². The van der Waals surface area contributed by atoms with Crippen LogP contribution in [0.4, 0.5) is 0 Å². The second-order valence-corrected chi connectivity index (χ2v) is 15.5. The molecule has 0 aliphatic carbocycles. The van der Waals surface area contributed by atoms with Gasteiger partial charge in [0, 0.05) is 6.42 Å². The molecule has 2 aliphatic rings. The minimum absolute atomic E-state index is 0.163. The number of hydrogen-bond acceptors (Lipinski definition) is 9. The quantitative estimate of drug-likeness (QED) is 0.0603. The first-order chi connectivity index (χ1) is 29.4. The van der Waals surface area contributed by atoms with Gasteiger partial charge in [0.15, 0.2) is 11.9 Å². The van der Waals surface area contributed by atoms with Crippen molar-refractivity contribution in [3.8, 4) is 11.8 Å². The maximum atomic E-state index is 14.0. The number of carbonyl (C=O) groups excluding carboxylic acids is 1. The molecule has 312 valence electrons. The summed E-state index contributed by atoms with van der Waals surface area (Å²) in [4.78, 5) is 14.0. The smallest absolute Gasteiger partial charge is 0.236 e. The van der Waals surface area contributed by atoms with Gasteiger partial charge in [-0.2, -0.15) is 0 Å². The van der Waals surface area contributed by atoms with E-state index < -0.39 is 54.3 Å². The first-order valence-corrected chi connectivity index (χ1v) is 20.6. The third-order valence-electron chi connectivity index (χ3n) is 10.4. The highest BCUT2D eigenvalue weighted by Gasteiger charge is 2.48. The van der Waals surface area contributed by atoms with Crippen molar-refractivity contribution in [2.75, 3.05) is 13.2 Å². The molecule has 2 aliphatic heterocycles. The summed E-state index contributed by atoms with van der Waals surface area (Å²) < 4.78 is 51.9. The van der Waals surface area contributed by atoms with Gasteiger partial charge in [-0.1, -0.05) is 158 Å². The number of carbonyl (C=O) groups is 1. The van der Waals surface area contributed by atoms with Gasteiger partial charge in [0.2, 0.25) is 5.78 Å². The summed E-state index contributed by atoms with van der Waals surface area (Å²) in [5.74, 6) is 4.79. The van der Waals surface area contributed by atoms with Crippen molar-refractivity contribution in [3.63, 3.8) is 0 Å². The predicted octanol–water partition coefficient (Wildman–Crippen LogP) is 8.43. The molecule has 0 amide bonds. The van der Waals surface area contributed by atoms with Gasteiger partial charge in [-0.3, -0.25) is 4.79 Å². The molecule has 0 N–H and O–H groups in total. The van der Waals surface area contributed by atoms with Crippen LogP contribution in [0, 0.1) is 11.8 Å². The fraction of sp³-hybridized carbons (Fsp3) is 0.353. The lowest BCUT2D eigenvalue weighted by atomic mass is 9.92. The minimum Gasteiger partial charge on any atom is -0.374 e. The molecule has 60 heavy (non-hydrogen) atoms. The Hall–Kier alpha value is -4.99. The van der Waals surface area contributed by atoms with Crippen LogP contribution in [0.5, 0.6) is 0 Å². The van der Waals surface area contributed by atoms with E-state index >= 15 is 0 Å². The topological polar surface area (TPSA) is 90.9 Å². The average Bonchev–Trinajstić information content (AvgIpc) is 3.65. The Kier molecular flexibility index (Phi) is 15.8. The van der Waals surface area contributed by atoms with Gasteiger partial charge in [-0.15, -0.1) is 0 Å². The van der Waals surface area contributed by atoms with E-state index in [1.165, 1.54) is 0 Å². The minimum atomic E-state index is -0.964. The molecular weight excluding hydrogens is 757 g/mol. The Balaban J connectivity index is 1.17. The Morgan fingerprint density at radius 2 is 1.03 bits per heavy atom. The van der Waals surface area contributed by atoms with Crippen molar-refractivity contribution < 1.29 is 42.7 Å². The summed E-state index contributed by atoms with van der Waals surface area (Å²) >= 11 is 0. The fourth-order valence-corrected chi connectivity index (χ4v) is 7.34. The lowest BCUT2D eigenvalue weighted by Gasteiger charge is -2.46. The van der Waals surface area contributed by atoms with Crippen LogP contribution < -0.4 is 0 Å². The standard InChI is InChI=1S/C51H54O9/c1-51(2)58-37-46(60-51)47(54-32-39-21-10-4-11-22-39)43(52)29-18-30-44-48(55-33-40-23-12-5-13-24-40)50(57-35-42-27-16-7-17-28-42)49(56-34-41-25-14-6-15-26-41)45(59-44)36-53-31-38-19-8-3-9-20-38/h3-17,19-28,44-50H,30-37H2,1-2H3/t44-,45+,46-,47-,48-,49+,50+/m0/s1. The second kappa shape index (κ2) is 22.0. The Bertz CT molecular complexity index is 2070. The average molecular weight is 811 g/mol. The highest BCUT2D eigenvalue weighted by Crippen LogP contribution is 2.33. The van der Waals surface area contributed by atoms with Crippen LogP contribution in [0.2, 0.25) is 0 Å². The van der Waals surface area contributed by atoms with Crippen LogP contribution in [0.15, 0.2) is 152 Å². The highest BCUT2D eigenvalue weighted by atomic mass is 16.7. The molecule has 0 spiro atoms. The summed E-state index contributed by atoms with van der Waals surface area (Å²) in [6.07, 6.45) is -4.44. The Labute approximate surface area is 353 Å². The zero-order valence-electron chi connectivity index (χ0n) is 34.3. The fourth-order valence-electron chi connectivity index (χ4n) is 7.34. The molecule has 5 aromatic rings. The van der Waals surface area contributed by atoms with Crippen molar-refractivity contribution >= 4 is 5.78 Å². The van der Waals surface area contributed by atoms with Crippen LogP contribution in [-0.4, -0.2) is 67.5 Å². The summed E-state index contributed by atoms with van der Waals surface area (Å²) in [7, 11) is 0. The number of ketones is 1. The Morgan fingerprint density at radius 3 is 1.50 bits per heavy atom. The van der Waals surface area contributed by atoms with E-state index in [2.05, 4.69) is 11.8 Å². The van der Waals surface area contributed by atoms with E-state index in [0.29, 0.717) is 26.4 Å². The molecule has 0 saturated carbocycles. The van der Waals surface area contributed by atoms with Gasteiger partial charge in [0.1, 0.15) is 30.5 Å². The van der Waals surface area contributed by atoms with Gasteiger partial charge in [0.05, 0.1) is 52.4 Å². The molecule has 5 aromatic carbocycles. The van der Waals surface area contributed by atoms with Crippen molar-refractivity contribution in [2.45, 2.75) is 102 Å². The van der Waals surface area contributed by atoms with E-state index in [0.717, 1.165) is 27.8 Å². The first kappa shape index (κ1) is 43.1. The van der Waals surface area contributed by atoms with Crippen LogP contribution in [0.3, 0.4) is 0 Å². The summed E-state index contributed by atoms with van der Waals surface area (Å²) in [6.45, 7) is 5.62. The zero-order valence-corrected chi connectivity index (χ0v) is 34.3. The van der Waals surface area contributed by atoms with Gasteiger partial charge in [0.25, 0.3) is 0 Å². The predicted molar refractivity (Wildman–Crippen MR) is 227 cm³/mol. The van der Waals surface area contributed by atoms with E-state index in [1.54, 1.807) is 0 Å². The van der Waals surface area contributed by atoms with Gasteiger partial charge >= 0.3 is 0 Å². The molecule has 2 fully saturated rings. The van der Waals surface area contributed by atoms with Crippen molar-refractivity contribution in [3.05, 3.63) is 179 Å². The summed E-state index contributed by atoms with van der Waals surface area (Å²) in [6, 6.07) is 49.8. The molecule has 0 unspecified atom stereocenters.